The summed E-state index contributed by atoms with van der Waals surface area (Å²) < 4.78 is 7.58. The lowest BCUT2D eigenvalue weighted by atomic mass is 10.1. The van der Waals surface area contributed by atoms with Crippen LogP contribution in [0.1, 0.15) is 45.6 Å². The second-order valence-electron chi connectivity index (χ2n) is 7.76. The minimum Gasteiger partial charge on any atom is -0.381 e. The number of amides is 2. The molecule has 1 aliphatic rings. The van der Waals surface area contributed by atoms with Gasteiger partial charge in [-0.15, -0.1) is 0 Å². The second kappa shape index (κ2) is 10.2. The molecule has 0 unspecified atom stereocenters. The third-order valence-electron chi connectivity index (χ3n) is 5.44. The van der Waals surface area contributed by atoms with E-state index in [1.807, 2.05) is 10.9 Å². The highest BCUT2D eigenvalue weighted by Gasteiger charge is 2.24. The van der Waals surface area contributed by atoms with Crippen molar-refractivity contribution in [1.29, 1.82) is 0 Å². The van der Waals surface area contributed by atoms with Gasteiger partial charge in [-0.2, -0.15) is 10.1 Å². The van der Waals surface area contributed by atoms with Crippen LogP contribution in [-0.4, -0.2) is 64.1 Å². The van der Waals surface area contributed by atoms with E-state index in [0.29, 0.717) is 11.1 Å². The van der Waals surface area contributed by atoms with Crippen molar-refractivity contribution in [3.05, 3.63) is 12.4 Å². The summed E-state index contributed by atoms with van der Waals surface area (Å²) in [5, 5.41) is 11.4. The molecular weight excluding hydrogens is 428 g/mol. The van der Waals surface area contributed by atoms with Gasteiger partial charge in [0.2, 0.25) is 5.95 Å². The van der Waals surface area contributed by atoms with Crippen LogP contribution < -0.4 is 15.5 Å². The monoisotopic (exact) mass is 458 g/mol. The van der Waals surface area contributed by atoms with Crippen molar-refractivity contribution in [2.75, 3.05) is 43.6 Å². The van der Waals surface area contributed by atoms with Gasteiger partial charge >= 0.3 is 6.03 Å². The second-order valence-corrected chi connectivity index (χ2v) is 8.79. The first-order chi connectivity index (χ1) is 15.6. The molecule has 172 valence electrons. The van der Waals surface area contributed by atoms with Crippen LogP contribution in [0, 0.1) is 0 Å². The number of fused-ring (bicyclic) bond motifs is 1. The molecule has 2 N–H and O–H groups in total. The van der Waals surface area contributed by atoms with E-state index >= 15 is 0 Å². The van der Waals surface area contributed by atoms with Gasteiger partial charge < -0.3 is 15.0 Å². The van der Waals surface area contributed by atoms with Gasteiger partial charge in [-0.1, -0.05) is 25.2 Å². The quantitative estimate of drug-likeness (QED) is 0.530. The van der Waals surface area contributed by atoms with Gasteiger partial charge in [-0.25, -0.2) is 19.4 Å². The molecule has 3 aromatic rings. The molecule has 0 aliphatic carbocycles. The maximum atomic E-state index is 11.7. The standard InChI is InChI=1S/C21H30N8O2S/c1-4-8-28(9-5-2)19-25-17(16-13-23-21(32-16)27-20(30)22-3)15-12-24-29(18(15)26-19)14-6-10-31-11-7-14/h12-14H,4-11H2,1-3H3,(H2,22,23,27,30). The van der Waals surface area contributed by atoms with Gasteiger partial charge in [-0.3, -0.25) is 5.32 Å². The van der Waals surface area contributed by atoms with Gasteiger partial charge in [0.15, 0.2) is 10.8 Å². The fraction of sp³-hybridized carbons (Fsp3) is 0.571. The fourth-order valence-electron chi connectivity index (χ4n) is 3.89. The van der Waals surface area contributed by atoms with Crippen LogP contribution in [0.4, 0.5) is 15.9 Å². The summed E-state index contributed by atoms with van der Waals surface area (Å²) >= 11 is 1.39. The predicted molar refractivity (Wildman–Crippen MR) is 126 cm³/mol. The number of nitrogens with zero attached hydrogens (tertiary/aromatic N) is 6. The van der Waals surface area contributed by atoms with Crippen LogP contribution in [0.15, 0.2) is 12.4 Å². The molecule has 0 radical (unpaired) electrons. The number of thiazole rings is 1. The molecule has 0 spiro atoms. The van der Waals surface area contributed by atoms with E-state index in [4.69, 9.17) is 19.8 Å². The maximum absolute atomic E-state index is 11.7. The Morgan fingerprint density at radius 1 is 1.22 bits per heavy atom. The molecule has 11 heteroatoms. The molecule has 0 bridgehead atoms. The Kier molecular flexibility index (Phi) is 7.15. The Hall–Kier alpha value is -2.79. The number of ether oxygens (including phenoxy) is 1. The molecular formula is C21H30N8O2S. The molecule has 1 fully saturated rings. The van der Waals surface area contributed by atoms with Gasteiger partial charge in [-0.05, 0) is 25.7 Å². The molecule has 32 heavy (non-hydrogen) atoms. The van der Waals surface area contributed by atoms with E-state index in [-0.39, 0.29) is 12.1 Å². The number of nitrogens with one attached hydrogen (secondary N) is 2. The normalized spacial score (nSPS) is 14.6. The summed E-state index contributed by atoms with van der Waals surface area (Å²) in [6.07, 6.45) is 7.45. The van der Waals surface area contributed by atoms with Crippen molar-refractivity contribution in [1.82, 2.24) is 30.0 Å². The molecule has 0 atom stereocenters. The lowest BCUT2D eigenvalue weighted by Gasteiger charge is -2.24. The first kappa shape index (κ1) is 22.4. The summed E-state index contributed by atoms with van der Waals surface area (Å²) in [6, 6.07) is -0.0431. The molecule has 4 heterocycles. The van der Waals surface area contributed by atoms with Crippen molar-refractivity contribution in [3.8, 4) is 10.6 Å². The maximum Gasteiger partial charge on any atom is 0.320 e. The number of carbonyl (C=O) groups is 1. The van der Waals surface area contributed by atoms with Crippen LogP contribution in [0.3, 0.4) is 0 Å². The van der Waals surface area contributed by atoms with Crippen LogP contribution in [-0.2, 0) is 4.74 Å². The van der Waals surface area contributed by atoms with E-state index in [9.17, 15) is 4.79 Å². The topological polar surface area (TPSA) is 110 Å². The zero-order valence-electron chi connectivity index (χ0n) is 18.8. The number of anilines is 2. The Morgan fingerprint density at radius 3 is 2.66 bits per heavy atom. The van der Waals surface area contributed by atoms with Crippen molar-refractivity contribution >= 4 is 39.5 Å². The van der Waals surface area contributed by atoms with E-state index in [1.165, 1.54) is 11.3 Å². The van der Waals surface area contributed by atoms with E-state index in [0.717, 1.165) is 73.6 Å². The Bertz CT molecular complexity index is 1050. The Labute approximate surface area is 191 Å². The lowest BCUT2D eigenvalue weighted by Crippen LogP contribution is -2.27. The van der Waals surface area contributed by atoms with Crippen molar-refractivity contribution in [3.63, 3.8) is 0 Å². The summed E-state index contributed by atoms with van der Waals surface area (Å²) in [4.78, 5) is 29.1. The molecule has 10 nitrogen and oxygen atoms in total. The minimum atomic E-state index is -0.302. The summed E-state index contributed by atoms with van der Waals surface area (Å²) in [7, 11) is 1.57. The van der Waals surface area contributed by atoms with E-state index in [1.54, 1.807) is 13.2 Å². The first-order valence-corrected chi connectivity index (χ1v) is 12.0. The highest BCUT2D eigenvalue weighted by atomic mass is 32.1. The number of hydrogen-bond donors (Lipinski definition) is 2. The van der Waals surface area contributed by atoms with Crippen LogP contribution >= 0.6 is 11.3 Å². The van der Waals surface area contributed by atoms with E-state index < -0.39 is 0 Å². The Balaban J connectivity index is 1.81. The van der Waals surface area contributed by atoms with E-state index in [2.05, 4.69) is 34.4 Å². The molecule has 2 amide bonds. The van der Waals surface area contributed by atoms with Gasteiger partial charge in [0, 0.05) is 39.5 Å². The van der Waals surface area contributed by atoms with Crippen LogP contribution in [0.5, 0.6) is 0 Å². The molecule has 1 aliphatic heterocycles. The van der Waals surface area contributed by atoms with Gasteiger partial charge in [0.25, 0.3) is 0 Å². The largest absolute Gasteiger partial charge is 0.381 e. The average Bonchev–Trinajstić information content (AvgIpc) is 3.46. The number of rotatable bonds is 8. The third kappa shape index (κ3) is 4.68. The summed E-state index contributed by atoms with van der Waals surface area (Å²) in [5.41, 5.74) is 1.63. The number of aromatic nitrogens is 5. The predicted octanol–water partition coefficient (Wildman–Crippen LogP) is 3.68. The van der Waals surface area contributed by atoms with Crippen molar-refractivity contribution in [2.45, 2.75) is 45.6 Å². The molecule has 0 saturated carbocycles. The Morgan fingerprint density at radius 2 is 1.97 bits per heavy atom. The first-order valence-electron chi connectivity index (χ1n) is 11.2. The highest BCUT2D eigenvalue weighted by molar-refractivity contribution is 7.19. The zero-order chi connectivity index (χ0) is 22.5. The summed E-state index contributed by atoms with van der Waals surface area (Å²) in [5.74, 6) is 0.708. The zero-order valence-corrected chi connectivity index (χ0v) is 19.6. The van der Waals surface area contributed by atoms with Crippen molar-refractivity contribution < 1.29 is 9.53 Å². The number of urea groups is 1. The number of hydrogen-bond acceptors (Lipinski definition) is 8. The highest BCUT2D eigenvalue weighted by Crippen LogP contribution is 2.35. The SMILES string of the molecule is CCCN(CCC)c1nc(-c2cnc(NC(=O)NC)s2)c2cnn(C3CCOCC3)c2n1. The third-order valence-corrected chi connectivity index (χ3v) is 6.35. The van der Waals surface area contributed by atoms with Gasteiger partial charge in [0.1, 0.15) is 0 Å². The minimum absolute atomic E-state index is 0.259. The lowest BCUT2D eigenvalue weighted by molar-refractivity contribution is 0.0673. The molecule has 4 rings (SSSR count). The van der Waals surface area contributed by atoms with Gasteiger partial charge in [0.05, 0.1) is 28.2 Å². The smallest absolute Gasteiger partial charge is 0.320 e. The average molecular weight is 459 g/mol. The molecule has 3 aromatic heterocycles. The number of carbonyl (C=O) groups excluding carboxylic acids is 1. The van der Waals surface area contributed by atoms with Crippen LogP contribution in [0.25, 0.3) is 21.6 Å². The summed E-state index contributed by atoms with van der Waals surface area (Å²) in [6.45, 7) is 7.56. The molecule has 1 saturated heterocycles. The fourth-order valence-corrected chi connectivity index (χ4v) is 4.71. The molecule has 0 aromatic carbocycles. The van der Waals surface area contributed by atoms with Crippen molar-refractivity contribution in [2.24, 2.45) is 0 Å². The van der Waals surface area contributed by atoms with Crippen LogP contribution in [0.2, 0.25) is 0 Å².